The molecule has 3 aromatic rings. The van der Waals surface area contributed by atoms with E-state index in [-0.39, 0.29) is 0 Å². The third-order valence-corrected chi connectivity index (χ3v) is 5.36. The van der Waals surface area contributed by atoms with Gasteiger partial charge in [-0.1, -0.05) is 24.3 Å². The van der Waals surface area contributed by atoms with E-state index in [9.17, 15) is 0 Å². The maximum Gasteiger partial charge on any atom is 0.0726 e. The van der Waals surface area contributed by atoms with E-state index in [1.165, 1.54) is 16.0 Å². The normalized spacial score (nSPS) is 16.1. The molecule has 2 aromatic heterocycles. The minimum absolute atomic E-state index is 1.08. The predicted octanol–water partition coefficient (Wildman–Crippen LogP) is 3.93. The molecule has 4 rings (SSSR count). The first-order chi connectivity index (χ1) is 11.3. The zero-order valence-electron chi connectivity index (χ0n) is 13.4. The number of para-hydroxylation sites is 1. The quantitative estimate of drug-likeness (QED) is 0.728. The zero-order valence-corrected chi connectivity index (χ0v) is 14.2. The van der Waals surface area contributed by atoms with E-state index in [1.807, 2.05) is 11.3 Å². The molecule has 4 heteroatoms. The summed E-state index contributed by atoms with van der Waals surface area (Å²) in [6.45, 7) is 7.57. The van der Waals surface area contributed by atoms with Gasteiger partial charge in [0.25, 0.3) is 0 Å². The Morgan fingerprint density at radius 1 is 1.04 bits per heavy atom. The van der Waals surface area contributed by atoms with Crippen molar-refractivity contribution in [2.24, 2.45) is 0 Å². The van der Waals surface area contributed by atoms with Crippen molar-refractivity contribution in [2.75, 3.05) is 31.1 Å². The van der Waals surface area contributed by atoms with Crippen molar-refractivity contribution in [3.05, 3.63) is 58.4 Å². The van der Waals surface area contributed by atoms with E-state index in [1.54, 1.807) is 0 Å². The highest BCUT2D eigenvalue weighted by molar-refractivity contribution is 7.09. The Morgan fingerprint density at radius 3 is 2.65 bits per heavy atom. The van der Waals surface area contributed by atoms with Crippen LogP contribution in [0.3, 0.4) is 0 Å². The van der Waals surface area contributed by atoms with Crippen molar-refractivity contribution in [2.45, 2.75) is 13.5 Å². The lowest BCUT2D eigenvalue weighted by molar-refractivity contribution is 0.252. The van der Waals surface area contributed by atoms with Gasteiger partial charge >= 0.3 is 0 Å². The number of rotatable bonds is 3. The van der Waals surface area contributed by atoms with E-state index in [2.05, 4.69) is 69.6 Å². The molecule has 0 amide bonds. The summed E-state index contributed by atoms with van der Waals surface area (Å²) in [4.78, 5) is 11.2. The monoisotopic (exact) mass is 323 g/mol. The van der Waals surface area contributed by atoms with Gasteiger partial charge in [0.2, 0.25) is 0 Å². The third kappa shape index (κ3) is 3.09. The van der Waals surface area contributed by atoms with Crippen LogP contribution in [0.1, 0.15) is 10.6 Å². The first-order valence-corrected chi connectivity index (χ1v) is 9.04. The van der Waals surface area contributed by atoms with Crippen LogP contribution in [0.5, 0.6) is 0 Å². The van der Waals surface area contributed by atoms with Crippen LogP contribution in [0.2, 0.25) is 0 Å². The van der Waals surface area contributed by atoms with Crippen molar-refractivity contribution < 1.29 is 0 Å². The molecule has 0 saturated carbocycles. The molecule has 3 heterocycles. The van der Waals surface area contributed by atoms with Gasteiger partial charge in [-0.2, -0.15) is 0 Å². The maximum absolute atomic E-state index is 4.66. The second-order valence-corrected chi connectivity index (χ2v) is 7.17. The van der Waals surface area contributed by atoms with Crippen molar-refractivity contribution in [1.29, 1.82) is 0 Å². The topological polar surface area (TPSA) is 19.4 Å². The highest BCUT2D eigenvalue weighted by Gasteiger charge is 2.19. The number of aryl methyl sites for hydroxylation is 1. The Balaban J connectivity index is 1.52. The van der Waals surface area contributed by atoms with E-state index >= 15 is 0 Å². The van der Waals surface area contributed by atoms with E-state index < -0.39 is 0 Å². The summed E-state index contributed by atoms with van der Waals surface area (Å²) in [6, 6.07) is 15.1. The lowest BCUT2D eigenvalue weighted by Crippen LogP contribution is -2.46. The predicted molar refractivity (Wildman–Crippen MR) is 98.3 cm³/mol. The largest absolute Gasteiger partial charge is 0.368 e. The summed E-state index contributed by atoms with van der Waals surface area (Å²) in [7, 11) is 0. The van der Waals surface area contributed by atoms with Crippen molar-refractivity contribution >= 4 is 27.9 Å². The van der Waals surface area contributed by atoms with Gasteiger partial charge in [-0.3, -0.25) is 9.88 Å². The molecule has 0 unspecified atom stereocenters. The number of nitrogens with zero attached hydrogens (tertiary/aromatic N) is 3. The first-order valence-electron chi connectivity index (χ1n) is 8.16. The second-order valence-electron chi connectivity index (χ2n) is 6.14. The number of piperazine rings is 1. The van der Waals surface area contributed by atoms with Crippen molar-refractivity contribution in [3.63, 3.8) is 0 Å². The van der Waals surface area contributed by atoms with Gasteiger partial charge in [0.1, 0.15) is 0 Å². The van der Waals surface area contributed by atoms with E-state index in [0.717, 1.165) is 43.9 Å². The molecule has 1 aliphatic heterocycles. The smallest absolute Gasteiger partial charge is 0.0726 e. The van der Waals surface area contributed by atoms with Gasteiger partial charge in [-0.25, -0.2) is 0 Å². The van der Waals surface area contributed by atoms with Crippen molar-refractivity contribution in [3.8, 4) is 0 Å². The summed E-state index contributed by atoms with van der Waals surface area (Å²) in [5.41, 5.74) is 3.53. The van der Waals surface area contributed by atoms with Gasteiger partial charge in [0, 0.05) is 54.4 Å². The number of fused-ring (bicyclic) bond motifs is 1. The molecule has 1 saturated heterocycles. The molecule has 0 aliphatic carbocycles. The van der Waals surface area contributed by atoms with Gasteiger partial charge < -0.3 is 4.90 Å². The van der Waals surface area contributed by atoms with E-state index in [0.29, 0.717) is 0 Å². The molecule has 1 aromatic carbocycles. The minimum Gasteiger partial charge on any atom is -0.368 e. The molecular weight excluding hydrogens is 302 g/mol. The highest BCUT2D eigenvalue weighted by Crippen LogP contribution is 2.27. The molecule has 0 radical (unpaired) electrons. The molecule has 3 nitrogen and oxygen atoms in total. The number of anilines is 1. The zero-order chi connectivity index (χ0) is 15.6. The lowest BCUT2D eigenvalue weighted by atomic mass is 10.1. The highest BCUT2D eigenvalue weighted by atomic mass is 32.1. The summed E-state index contributed by atoms with van der Waals surface area (Å²) >= 11 is 1.85. The lowest BCUT2D eigenvalue weighted by Gasteiger charge is -2.36. The van der Waals surface area contributed by atoms with Crippen LogP contribution < -0.4 is 4.90 Å². The Bertz CT molecular complexity index is 789. The van der Waals surface area contributed by atoms with E-state index in [4.69, 9.17) is 0 Å². The SMILES string of the molecule is Cc1cc(N2CCN(Cc3cccs3)CC2)c2ccccc2n1. The molecule has 1 aliphatic rings. The number of aromatic nitrogens is 1. The fourth-order valence-corrected chi connectivity index (χ4v) is 4.06. The maximum atomic E-state index is 4.66. The average Bonchev–Trinajstić information content (AvgIpc) is 3.08. The Kier molecular flexibility index (Phi) is 4.02. The van der Waals surface area contributed by atoms with Crippen LogP contribution in [0.4, 0.5) is 5.69 Å². The fraction of sp³-hybridized carbons (Fsp3) is 0.316. The standard InChI is InChI=1S/C19H21N3S/c1-15-13-19(17-6-2-3-7-18(17)20-15)22-10-8-21(9-11-22)14-16-5-4-12-23-16/h2-7,12-13H,8-11,14H2,1H3. The van der Waals surface area contributed by atoms with Gasteiger partial charge in [-0.05, 0) is 30.5 Å². The van der Waals surface area contributed by atoms with Crippen LogP contribution in [-0.4, -0.2) is 36.1 Å². The number of pyridine rings is 1. The second kappa shape index (κ2) is 6.30. The Labute approximate surface area is 141 Å². The third-order valence-electron chi connectivity index (χ3n) is 4.49. The summed E-state index contributed by atoms with van der Waals surface area (Å²) < 4.78 is 0. The van der Waals surface area contributed by atoms with Crippen LogP contribution in [0.25, 0.3) is 10.9 Å². The van der Waals surface area contributed by atoms with Crippen LogP contribution >= 0.6 is 11.3 Å². The molecule has 118 valence electrons. The summed E-state index contributed by atoms with van der Waals surface area (Å²) in [5.74, 6) is 0. The minimum atomic E-state index is 1.08. The molecule has 0 bridgehead atoms. The Hall–Kier alpha value is -1.91. The van der Waals surface area contributed by atoms with Crippen LogP contribution in [-0.2, 0) is 6.54 Å². The molecule has 0 spiro atoms. The Morgan fingerprint density at radius 2 is 1.87 bits per heavy atom. The van der Waals surface area contributed by atoms with Gasteiger partial charge in [-0.15, -0.1) is 11.3 Å². The number of hydrogen-bond acceptors (Lipinski definition) is 4. The fourth-order valence-electron chi connectivity index (χ4n) is 3.32. The first kappa shape index (κ1) is 14.7. The average molecular weight is 323 g/mol. The molecule has 0 atom stereocenters. The van der Waals surface area contributed by atoms with Crippen LogP contribution in [0.15, 0.2) is 47.8 Å². The van der Waals surface area contributed by atoms with Gasteiger partial charge in [0.15, 0.2) is 0 Å². The summed E-state index contributed by atoms with van der Waals surface area (Å²) in [6.07, 6.45) is 0. The molecule has 23 heavy (non-hydrogen) atoms. The van der Waals surface area contributed by atoms with Crippen LogP contribution in [0, 0.1) is 6.92 Å². The van der Waals surface area contributed by atoms with Gasteiger partial charge in [0.05, 0.1) is 5.52 Å². The molecule has 1 fully saturated rings. The molecular formula is C19H21N3S. The molecule has 0 N–H and O–H groups in total. The number of hydrogen-bond donors (Lipinski definition) is 0. The van der Waals surface area contributed by atoms with Crippen molar-refractivity contribution in [1.82, 2.24) is 9.88 Å². The number of benzene rings is 1. The number of thiophene rings is 1. The summed E-state index contributed by atoms with van der Waals surface area (Å²) in [5, 5.41) is 3.43.